The van der Waals surface area contributed by atoms with E-state index in [1.165, 1.54) is 0 Å². The van der Waals surface area contributed by atoms with Gasteiger partial charge in [0.15, 0.2) is 5.78 Å². The van der Waals surface area contributed by atoms with Crippen molar-refractivity contribution in [2.45, 2.75) is 58.4 Å². The van der Waals surface area contributed by atoms with Crippen molar-refractivity contribution >= 4 is 17.6 Å². The van der Waals surface area contributed by atoms with Gasteiger partial charge in [0.05, 0.1) is 6.04 Å². The van der Waals surface area contributed by atoms with Gasteiger partial charge in [-0.1, -0.05) is 12.1 Å². The third-order valence-corrected chi connectivity index (χ3v) is 6.21. The largest absolute Gasteiger partial charge is 0.354 e. The predicted octanol–water partition coefficient (Wildman–Crippen LogP) is 2.37. The van der Waals surface area contributed by atoms with Crippen molar-refractivity contribution in [3.05, 3.63) is 34.9 Å². The van der Waals surface area contributed by atoms with Crippen molar-refractivity contribution in [1.82, 2.24) is 15.5 Å². The van der Waals surface area contributed by atoms with E-state index in [4.69, 9.17) is 0 Å². The fourth-order valence-electron chi connectivity index (χ4n) is 4.17. The molecule has 0 aromatic heterocycles. The van der Waals surface area contributed by atoms with Gasteiger partial charge in [0.2, 0.25) is 11.8 Å². The molecule has 0 saturated carbocycles. The molecule has 1 aromatic carbocycles. The molecule has 2 amide bonds. The molecule has 29 heavy (non-hydrogen) atoms. The molecule has 0 aliphatic carbocycles. The number of aryl methyl sites for hydroxylation is 2. The normalized spacial score (nSPS) is 21.8. The molecule has 6 heteroatoms. The number of carbonyl (C=O) groups excluding carboxylic acids is 3. The van der Waals surface area contributed by atoms with E-state index in [0.717, 1.165) is 49.9 Å². The van der Waals surface area contributed by atoms with Gasteiger partial charge in [-0.2, -0.15) is 0 Å². The average Bonchev–Trinajstić information content (AvgIpc) is 3.27. The van der Waals surface area contributed by atoms with Crippen LogP contribution in [0.4, 0.5) is 0 Å². The highest BCUT2D eigenvalue weighted by molar-refractivity contribution is 5.98. The second kappa shape index (κ2) is 10.0. The zero-order valence-electron chi connectivity index (χ0n) is 17.6. The van der Waals surface area contributed by atoms with Crippen molar-refractivity contribution in [2.75, 3.05) is 26.2 Å². The van der Waals surface area contributed by atoms with E-state index in [1.54, 1.807) is 0 Å². The number of hydrogen-bond donors (Lipinski definition) is 2. The topological polar surface area (TPSA) is 78.5 Å². The number of nitrogens with zero attached hydrogens (tertiary/aromatic N) is 1. The van der Waals surface area contributed by atoms with E-state index < -0.39 is 0 Å². The van der Waals surface area contributed by atoms with Crippen LogP contribution in [0.3, 0.4) is 0 Å². The molecule has 2 aliphatic rings. The molecular formula is C23H33N3O3. The summed E-state index contributed by atoms with van der Waals surface area (Å²) in [5.74, 6) is 0.417. The molecule has 158 valence electrons. The van der Waals surface area contributed by atoms with Crippen molar-refractivity contribution in [1.29, 1.82) is 0 Å². The molecule has 6 nitrogen and oxygen atoms in total. The summed E-state index contributed by atoms with van der Waals surface area (Å²) in [5.41, 5.74) is 2.93. The van der Waals surface area contributed by atoms with E-state index >= 15 is 0 Å². The maximum Gasteiger partial charge on any atom is 0.237 e. The number of rotatable bonds is 7. The van der Waals surface area contributed by atoms with Crippen LogP contribution in [0.25, 0.3) is 0 Å². The summed E-state index contributed by atoms with van der Waals surface area (Å²) in [5, 5.41) is 6.25. The van der Waals surface area contributed by atoms with Crippen LogP contribution in [0.15, 0.2) is 18.2 Å². The Labute approximate surface area is 173 Å². The van der Waals surface area contributed by atoms with Gasteiger partial charge in [0, 0.05) is 38.0 Å². The van der Waals surface area contributed by atoms with Gasteiger partial charge in [-0.15, -0.1) is 0 Å². The first-order valence-corrected chi connectivity index (χ1v) is 10.8. The number of benzene rings is 1. The zero-order chi connectivity index (χ0) is 20.8. The van der Waals surface area contributed by atoms with E-state index in [0.29, 0.717) is 18.7 Å². The molecule has 2 fully saturated rings. The highest BCUT2D eigenvalue weighted by Crippen LogP contribution is 2.18. The van der Waals surface area contributed by atoms with Crippen LogP contribution in [0, 0.1) is 19.8 Å². The zero-order valence-corrected chi connectivity index (χ0v) is 17.6. The maximum atomic E-state index is 12.6. The number of amides is 2. The van der Waals surface area contributed by atoms with Crippen LogP contribution in [-0.4, -0.2) is 54.7 Å². The van der Waals surface area contributed by atoms with Crippen LogP contribution in [0.1, 0.15) is 60.0 Å². The fourth-order valence-corrected chi connectivity index (χ4v) is 4.17. The number of carbonyl (C=O) groups is 3. The first-order valence-electron chi connectivity index (χ1n) is 10.8. The van der Waals surface area contributed by atoms with Crippen LogP contribution in [-0.2, 0) is 9.59 Å². The molecule has 0 bridgehead atoms. The smallest absolute Gasteiger partial charge is 0.237 e. The van der Waals surface area contributed by atoms with Gasteiger partial charge in [-0.05, 0) is 69.2 Å². The molecule has 2 saturated heterocycles. The number of hydrogen-bond acceptors (Lipinski definition) is 4. The quantitative estimate of drug-likeness (QED) is 0.690. The SMILES string of the molecule is Cc1ccc(C(=O)CCC(=O)N2CCCC(CNC(=O)C3CCCN3)C2)cc1C. The molecule has 2 aliphatic heterocycles. The van der Waals surface area contributed by atoms with Gasteiger partial charge in [-0.25, -0.2) is 0 Å². The third-order valence-electron chi connectivity index (χ3n) is 6.21. The maximum absolute atomic E-state index is 12.6. The summed E-state index contributed by atoms with van der Waals surface area (Å²) < 4.78 is 0. The lowest BCUT2D eigenvalue weighted by Gasteiger charge is -2.33. The molecule has 2 atom stereocenters. The lowest BCUT2D eigenvalue weighted by Crippen LogP contribution is -2.46. The number of ketones is 1. The lowest BCUT2D eigenvalue weighted by molar-refractivity contribution is -0.132. The Hall–Kier alpha value is -2.21. The average molecular weight is 400 g/mol. The molecule has 2 N–H and O–H groups in total. The van der Waals surface area contributed by atoms with Gasteiger partial charge in [0.25, 0.3) is 0 Å². The third kappa shape index (κ3) is 5.89. The summed E-state index contributed by atoms with van der Waals surface area (Å²) >= 11 is 0. The van der Waals surface area contributed by atoms with E-state index in [1.807, 2.05) is 36.9 Å². The standard InChI is InChI=1S/C23H33N3O3/c1-16-7-8-19(13-17(16)2)21(27)9-10-22(28)26-12-4-5-18(15-26)14-25-23(29)20-6-3-11-24-20/h7-8,13,18,20,24H,3-6,9-12,14-15H2,1-2H3,(H,25,29). The predicted molar refractivity (Wildman–Crippen MR) is 113 cm³/mol. The monoisotopic (exact) mass is 399 g/mol. The summed E-state index contributed by atoms with van der Waals surface area (Å²) in [6.45, 7) is 6.94. The summed E-state index contributed by atoms with van der Waals surface area (Å²) in [6.07, 6.45) is 4.40. The number of piperidine rings is 1. The van der Waals surface area contributed by atoms with E-state index in [9.17, 15) is 14.4 Å². The number of nitrogens with one attached hydrogen (secondary N) is 2. The minimum Gasteiger partial charge on any atom is -0.354 e. The van der Waals surface area contributed by atoms with Gasteiger partial charge in [0.1, 0.15) is 0 Å². The highest BCUT2D eigenvalue weighted by atomic mass is 16.2. The molecule has 2 heterocycles. The van der Waals surface area contributed by atoms with Crippen LogP contribution in [0.5, 0.6) is 0 Å². The molecule has 0 radical (unpaired) electrons. The van der Waals surface area contributed by atoms with Crippen molar-refractivity contribution in [3.8, 4) is 0 Å². The Kier molecular flexibility index (Phi) is 7.42. The van der Waals surface area contributed by atoms with Crippen LogP contribution >= 0.6 is 0 Å². The second-order valence-electron chi connectivity index (χ2n) is 8.46. The molecule has 2 unspecified atom stereocenters. The van der Waals surface area contributed by atoms with Crippen molar-refractivity contribution in [3.63, 3.8) is 0 Å². The molecule has 1 aromatic rings. The molecule has 0 spiro atoms. The van der Waals surface area contributed by atoms with E-state index in [2.05, 4.69) is 10.6 Å². The summed E-state index contributed by atoms with van der Waals surface area (Å²) in [6, 6.07) is 5.64. The van der Waals surface area contributed by atoms with Gasteiger partial charge >= 0.3 is 0 Å². The van der Waals surface area contributed by atoms with E-state index in [-0.39, 0.29) is 42.4 Å². The van der Waals surface area contributed by atoms with Crippen LogP contribution < -0.4 is 10.6 Å². The Morgan fingerprint density at radius 2 is 1.93 bits per heavy atom. The first kappa shape index (κ1) is 21.5. The molecular weight excluding hydrogens is 366 g/mol. The Morgan fingerprint density at radius 3 is 2.66 bits per heavy atom. The molecule has 3 rings (SSSR count). The summed E-state index contributed by atoms with van der Waals surface area (Å²) in [7, 11) is 0. The van der Waals surface area contributed by atoms with Crippen molar-refractivity contribution in [2.24, 2.45) is 5.92 Å². The number of likely N-dealkylation sites (tertiary alicyclic amines) is 1. The highest BCUT2D eigenvalue weighted by Gasteiger charge is 2.26. The number of Topliss-reactive ketones (excluding diaryl/α,β-unsaturated/α-hetero) is 1. The summed E-state index contributed by atoms with van der Waals surface area (Å²) in [4.78, 5) is 39.1. The second-order valence-corrected chi connectivity index (χ2v) is 8.46. The van der Waals surface area contributed by atoms with Crippen LogP contribution in [0.2, 0.25) is 0 Å². The minimum absolute atomic E-state index is 0.0198. The Balaban J connectivity index is 1.43. The Morgan fingerprint density at radius 1 is 1.10 bits per heavy atom. The van der Waals surface area contributed by atoms with Crippen molar-refractivity contribution < 1.29 is 14.4 Å². The lowest BCUT2D eigenvalue weighted by atomic mass is 9.97. The van der Waals surface area contributed by atoms with Gasteiger partial charge < -0.3 is 15.5 Å². The Bertz CT molecular complexity index is 756. The minimum atomic E-state index is -0.0623. The van der Waals surface area contributed by atoms with Gasteiger partial charge in [-0.3, -0.25) is 14.4 Å². The fraction of sp³-hybridized carbons (Fsp3) is 0.609. The first-order chi connectivity index (χ1) is 13.9.